The quantitative estimate of drug-likeness (QED) is 0.844. The monoisotopic (exact) mass is 274 g/mol. The molecule has 2 aromatic rings. The first-order valence-electron chi connectivity index (χ1n) is 6.39. The number of carboxylic acids is 1. The van der Waals surface area contributed by atoms with E-state index in [0.29, 0.717) is 17.8 Å². The predicted molar refractivity (Wildman–Crippen MR) is 77.2 cm³/mol. The first kappa shape index (κ1) is 14.3. The number of benzene rings is 1. The molecular formula is C15H18N2O3. The number of para-hydroxylation sites is 1. The molecule has 1 aromatic heterocycles. The van der Waals surface area contributed by atoms with Crippen LogP contribution in [0.25, 0.3) is 10.9 Å². The van der Waals surface area contributed by atoms with E-state index in [9.17, 15) is 9.59 Å². The van der Waals surface area contributed by atoms with Gasteiger partial charge in [0.1, 0.15) is 6.54 Å². The van der Waals surface area contributed by atoms with Crippen molar-refractivity contribution in [1.29, 1.82) is 0 Å². The van der Waals surface area contributed by atoms with Gasteiger partial charge in [-0.1, -0.05) is 18.2 Å². The lowest BCUT2D eigenvalue weighted by molar-refractivity contribution is -0.137. The summed E-state index contributed by atoms with van der Waals surface area (Å²) in [5.41, 5.74) is 2.12. The number of hydrogen-bond donors (Lipinski definition) is 1. The number of carbonyl (C=O) groups is 2. The van der Waals surface area contributed by atoms with Gasteiger partial charge in [-0.2, -0.15) is 0 Å². The summed E-state index contributed by atoms with van der Waals surface area (Å²) in [5.74, 6) is -0.909. The predicted octanol–water partition coefficient (Wildman–Crippen LogP) is 1.78. The third-order valence-corrected chi connectivity index (χ3v) is 3.26. The summed E-state index contributed by atoms with van der Waals surface area (Å²) in [6, 6.07) is 7.42. The molecule has 0 spiro atoms. The number of nitrogens with zero attached hydrogens (tertiary/aromatic N) is 2. The summed E-state index contributed by atoms with van der Waals surface area (Å²) in [7, 11) is 3.67. The highest BCUT2D eigenvalue weighted by Crippen LogP contribution is 2.26. The molecule has 5 nitrogen and oxygen atoms in total. The summed E-state index contributed by atoms with van der Waals surface area (Å²) < 4.78 is 1.68. The summed E-state index contributed by atoms with van der Waals surface area (Å²) in [6.45, 7) is 1.97. The molecule has 0 aliphatic rings. The van der Waals surface area contributed by atoms with Gasteiger partial charge in [0, 0.05) is 22.2 Å². The first-order valence-corrected chi connectivity index (χ1v) is 6.39. The van der Waals surface area contributed by atoms with E-state index >= 15 is 0 Å². The Kier molecular flexibility index (Phi) is 3.90. The molecule has 0 unspecified atom stereocenters. The fourth-order valence-corrected chi connectivity index (χ4v) is 2.49. The Morgan fingerprint density at radius 2 is 1.90 bits per heavy atom. The van der Waals surface area contributed by atoms with Gasteiger partial charge in [0.25, 0.3) is 0 Å². The molecule has 106 valence electrons. The van der Waals surface area contributed by atoms with Crippen LogP contribution in [0.2, 0.25) is 0 Å². The zero-order chi connectivity index (χ0) is 14.9. The Bertz CT molecular complexity index is 671. The van der Waals surface area contributed by atoms with Crippen molar-refractivity contribution >= 4 is 22.7 Å². The third kappa shape index (κ3) is 2.58. The third-order valence-electron chi connectivity index (χ3n) is 3.26. The fraction of sp³-hybridized carbons (Fsp3) is 0.333. The summed E-state index contributed by atoms with van der Waals surface area (Å²) >= 11 is 0. The SMILES string of the molecule is Cc1c(C(=O)CN(C)C)c2ccccc2n1CC(=O)O. The Balaban J connectivity index is 2.62. The second kappa shape index (κ2) is 5.46. The smallest absolute Gasteiger partial charge is 0.323 e. The van der Waals surface area contributed by atoms with Crippen LogP contribution in [-0.4, -0.2) is 47.0 Å². The average molecular weight is 274 g/mol. The zero-order valence-corrected chi connectivity index (χ0v) is 11.9. The number of carboxylic acid groups (broad SMARTS) is 1. The molecule has 1 N–H and O–H groups in total. The van der Waals surface area contributed by atoms with Crippen LogP contribution in [0.3, 0.4) is 0 Å². The second-order valence-corrected chi connectivity index (χ2v) is 5.12. The van der Waals surface area contributed by atoms with E-state index < -0.39 is 5.97 Å². The van der Waals surface area contributed by atoms with Crippen molar-refractivity contribution in [3.05, 3.63) is 35.5 Å². The highest BCUT2D eigenvalue weighted by Gasteiger charge is 2.20. The van der Waals surface area contributed by atoms with Crippen molar-refractivity contribution in [2.75, 3.05) is 20.6 Å². The van der Waals surface area contributed by atoms with Crippen molar-refractivity contribution in [2.24, 2.45) is 0 Å². The van der Waals surface area contributed by atoms with Crippen LogP contribution >= 0.6 is 0 Å². The highest BCUT2D eigenvalue weighted by molar-refractivity contribution is 6.10. The molecule has 20 heavy (non-hydrogen) atoms. The van der Waals surface area contributed by atoms with Gasteiger partial charge in [0.15, 0.2) is 5.78 Å². The molecule has 0 saturated heterocycles. The van der Waals surface area contributed by atoms with Crippen molar-refractivity contribution < 1.29 is 14.7 Å². The minimum atomic E-state index is -0.916. The molecule has 0 radical (unpaired) electrons. The van der Waals surface area contributed by atoms with Crippen molar-refractivity contribution in [1.82, 2.24) is 9.47 Å². The number of likely N-dealkylation sites (N-methyl/N-ethyl adjacent to an activating group) is 1. The number of hydrogen-bond acceptors (Lipinski definition) is 3. The van der Waals surface area contributed by atoms with Crippen molar-refractivity contribution in [2.45, 2.75) is 13.5 Å². The van der Waals surface area contributed by atoms with Gasteiger partial charge in [-0.3, -0.25) is 9.59 Å². The van der Waals surface area contributed by atoms with Gasteiger partial charge in [0.2, 0.25) is 0 Å². The lowest BCUT2D eigenvalue weighted by atomic mass is 10.1. The summed E-state index contributed by atoms with van der Waals surface area (Å²) in [4.78, 5) is 25.2. The number of ketones is 1. The zero-order valence-electron chi connectivity index (χ0n) is 11.9. The van der Waals surface area contributed by atoms with Crippen LogP contribution in [0.15, 0.2) is 24.3 Å². The number of aliphatic carboxylic acids is 1. The van der Waals surface area contributed by atoms with E-state index in [0.717, 1.165) is 10.9 Å². The lowest BCUT2D eigenvalue weighted by Gasteiger charge is -2.09. The van der Waals surface area contributed by atoms with E-state index in [1.807, 2.05) is 43.3 Å². The first-order chi connectivity index (χ1) is 9.41. The van der Waals surface area contributed by atoms with Crippen molar-refractivity contribution in [3.63, 3.8) is 0 Å². The fourth-order valence-electron chi connectivity index (χ4n) is 2.49. The van der Waals surface area contributed by atoms with Gasteiger partial charge in [0.05, 0.1) is 6.54 Å². The largest absolute Gasteiger partial charge is 0.480 e. The standard InChI is InChI=1S/C15H18N2O3/c1-10-15(13(18)8-16(2)3)11-6-4-5-7-12(11)17(10)9-14(19)20/h4-7H,8-9H2,1-3H3,(H,19,20). The Labute approximate surface area is 117 Å². The van der Waals surface area contributed by atoms with Crippen LogP contribution in [0, 0.1) is 6.92 Å². The molecule has 0 fully saturated rings. The maximum atomic E-state index is 12.4. The summed E-state index contributed by atoms with van der Waals surface area (Å²) in [5, 5.41) is 9.85. The van der Waals surface area contributed by atoms with E-state index in [4.69, 9.17) is 5.11 Å². The molecule has 2 rings (SSSR count). The van der Waals surface area contributed by atoms with Gasteiger partial charge >= 0.3 is 5.97 Å². The molecule has 1 heterocycles. The van der Waals surface area contributed by atoms with Crippen molar-refractivity contribution in [3.8, 4) is 0 Å². The molecule has 0 bridgehead atoms. The number of aromatic nitrogens is 1. The average Bonchev–Trinajstić information content (AvgIpc) is 2.61. The van der Waals surface area contributed by atoms with Gasteiger partial charge in [-0.15, -0.1) is 0 Å². The molecule has 0 amide bonds. The lowest BCUT2D eigenvalue weighted by Crippen LogP contribution is -2.22. The van der Waals surface area contributed by atoms with E-state index in [1.165, 1.54) is 0 Å². The Hall–Kier alpha value is -2.14. The molecule has 5 heteroatoms. The molecule has 0 atom stereocenters. The Morgan fingerprint density at radius 3 is 2.50 bits per heavy atom. The maximum Gasteiger partial charge on any atom is 0.323 e. The molecule has 0 aliphatic heterocycles. The molecular weight excluding hydrogens is 256 g/mol. The van der Waals surface area contributed by atoms with E-state index in [1.54, 1.807) is 11.5 Å². The molecule has 0 aliphatic carbocycles. The minimum Gasteiger partial charge on any atom is -0.480 e. The number of Topliss-reactive ketones (excluding diaryl/α,β-unsaturated/α-hetero) is 1. The summed E-state index contributed by atoms with van der Waals surface area (Å²) in [6.07, 6.45) is 0. The van der Waals surface area contributed by atoms with Crippen LogP contribution in [0.5, 0.6) is 0 Å². The van der Waals surface area contributed by atoms with Crippen LogP contribution < -0.4 is 0 Å². The van der Waals surface area contributed by atoms with Crippen LogP contribution in [-0.2, 0) is 11.3 Å². The molecule has 0 saturated carbocycles. The maximum absolute atomic E-state index is 12.4. The van der Waals surface area contributed by atoms with Gasteiger partial charge in [-0.25, -0.2) is 0 Å². The normalized spacial score (nSPS) is 11.2. The van der Waals surface area contributed by atoms with E-state index in [-0.39, 0.29) is 12.3 Å². The number of fused-ring (bicyclic) bond motifs is 1. The van der Waals surface area contributed by atoms with Gasteiger partial charge < -0.3 is 14.6 Å². The van der Waals surface area contributed by atoms with Crippen LogP contribution in [0.1, 0.15) is 16.1 Å². The van der Waals surface area contributed by atoms with Crippen LogP contribution in [0.4, 0.5) is 0 Å². The van der Waals surface area contributed by atoms with Gasteiger partial charge in [-0.05, 0) is 27.1 Å². The molecule has 1 aromatic carbocycles. The Morgan fingerprint density at radius 1 is 1.25 bits per heavy atom. The topological polar surface area (TPSA) is 62.5 Å². The second-order valence-electron chi connectivity index (χ2n) is 5.12. The number of rotatable bonds is 5. The minimum absolute atomic E-state index is 0.00726. The van der Waals surface area contributed by atoms with E-state index in [2.05, 4.69) is 0 Å². The number of carbonyl (C=O) groups excluding carboxylic acids is 1. The highest BCUT2D eigenvalue weighted by atomic mass is 16.4.